The van der Waals surface area contributed by atoms with Crippen molar-refractivity contribution < 1.29 is 4.92 Å². The molecule has 2 rings (SSSR count). The first-order chi connectivity index (χ1) is 8.99. The molecule has 0 aliphatic carbocycles. The SMILES string of the molecule is CCc1cc2c(C)c([N+](=O)[O-])cc(C)c2nc1NC. The molecule has 1 N–H and O–H groups in total. The Bertz CT molecular complexity index is 666. The maximum absolute atomic E-state index is 11.1. The highest BCUT2D eigenvalue weighted by atomic mass is 16.6. The second-order valence-electron chi connectivity index (χ2n) is 4.59. The lowest BCUT2D eigenvalue weighted by atomic mass is 10.0. The van der Waals surface area contributed by atoms with Gasteiger partial charge in [-0.05, 0) is 37.5 Å². The first-order valence-corrected chi connectivity index (χ1v) is 6.25. The second kappa shape index (κ2) is 4.84. The molecular formula is C14H17N3O2. The fourth-order valence-corrected chi connectivity index (χ4v) is 2.34. The van der Waals surface area contributed by atoms with E-state index in [0.29, 0.717) is 5.56 Å². The van der Waals surface area contributed by atoms with Gasteiger partial charge in [-0.3, -0.25) is 10.1 Å². The third kappa shape index (κ3) is 2.12. The van der Waals surface area contributed by atoms with Gasteiger partial charge in [-0.2, -0.15) is 0 Å². The average Bonchev–Trinajstić information content (AvgIpc) is 2.40. The first-order valence-electron chi connectivity index (χ1n) is 6.25. The third-order valence-corrected chi connectivity index (χ3v) is 3.43. The molecule has 100 valence electrons. The van der Waals surface area contributed by atoms with Crippen LogP contribution in [0.2, 0.25) is 0 Å². The van der Waals surface area contributed by atoms with Crippen molar-refractivity contribution in [1.29, 1.82) is 0 Å². The number of nitro benzene ring substituents is 1. The average molecular weight is 259 g/mol. The molecule has 0 unspecified atom stereocenters. The summed E-state index contributed by atoms with van der Waals surface area (Å²) in [6.07, 6.45) is 0.834. The summed E-state index contributed by atoms with van der Waals surface area (Å²) in [5.74, 6) is 0.839. The summed E-state index contributed by atoms with van der Waals surface area (Å²) in [4.78, 5) is 15.3. The molecule has 1 aromatic carbocycles. The van der Waals surface area contributed by atoms with Gasteiger partial charge in [0.2, 0.25) is 0 Å². The molecule has 0 saturated carbocycles. The quantitative estimate of drug-likeness (QED) is 0.677. The maximum atomic E-state index is 11.1. The lowest BCUT2D eigenvalue weighted by Crippen LogP contribution is -2.01. The van der Waals surface area contributed by atoms with E-state index in [9.17, 15) is 10.1 Å². The van der Waals surface area contributed by atoms with Gasteiger partial charge in [-0.15, -0.1) is 0 Å². The fraction of sp³-hybridized carbons (Fsp3) is 0.357. The number of nitrogens with zero attached hydrogens (tertiary/aromatic N) is 2. The number of fused-ring (bicyclic) bond motifs is 1. The largest absolute Gasteiger partial charge is 0.373 e. The van der Waals surface area contributed by atoms with Gasteiger partial charge in [0, 0.05) is 24.1 Å². The van der Waals surface area contributed by atoms with Crippen molar-refractivity contribution in [2.75, 3.05) is 12.4 Å². The van der Waals surface area contributed by atoms with E-state index in [-0.39, 0.29) is 10.6 Å². The molecule has 0 spiro atoms. The van der Waals surface area contributed by atoms with E-state index in [1.54, 1.807) is 13.0 Å². The number of aromatic nitrogens is 1. The number of hydrogen-bond acceptors (Lipinski definition) is 4. The van der Waals surface area contributed by atoms with Gasteiger partial charge >= 0.3 is 0 Å². The number of rotatable bonds is 3. The van der Waals surface area contributed by atoms with Gasteiger partial charge in [0.05, 0.1) is 10.4 Å². The fourth-order valence-electron chi connectivity index (χ4n) is 2.34. The third-order valence-electron chi connectivity index (χ3n) is 3.43. The van der Waals surface area contributed by atoms with Crippen molar-refractivity contribution in [3.63, 3.8) is 0 Å². The van der Waals surface area contributed by atoms with Crippen LogP contribution < -0.4 is 5.32 Å². The predicted molar refractivity (Wildman–Crippen MR) is 76.8 cm³/mol. The highest BCUT2D eigenvalue weighted by Gasteiger charge is 2.17. The van der Waals surface area contributed by atoms with Crippen molar-refractivity contribution in [2.45, 2.75) is 27.2 Å². The van der Waals surface area contributed by atoms with E-state index >= 15 is 0 Å². The molecule has 0 saturated heterocycles. The number of benzene rings is 1. The zero-order chi connectivity index (χ0) is 14.2. The number of pyridine rings is 1. The van der Waals surface area contributed by atoms with Crippen LogP contribution in [0.4, 0.5) is 11.5 Å². The van der Waals surface area contributed by atoms with Crippen LogP contribution in [0.1, 0.15) is 23.6 Å². The Hall–Kier alpha value is -2.17. The van der Waals surface area contributed by atoms with Crippen LogP contribution in [0, 0.1) is 24.0 Å². The van der Waals surface area contributed by atoms with E-state index in [4.69, 9.17) is 0 Å². The summed E-state index contributed by atoms with van der Waals surface area (Å²) in [5.41, 5.74) is 3.55. The summed E-state index contributed by atoms with van der Waals surface area (Å²) in [5, 5.41) is 15.0. The monoisotopic (exact) mass is 259 g/mol. The van der Waals surface area contributed by atoms with Crippen LogP contribution in [-0.4, -0.2) is 17.0 Å². The molecule has 0 fully saturated rings. The Morgan fingerprint density at radius 2 is 2.05 bits per heavy atom. The minimum atomic E-state index is -0.334. The maximum Gasteiger partial charge on any atom is 0.273 e. The summed E-state index contributed by atoms with van der Waals surface area (Å²) < 4.78 is 0. The molecular weight excluding hydrogens is 242 g/mol. The van der Waals surface area contributed by atoms with Crippen LogP contribution >= 0.6 is 0 Å². The Balaban J connectivity index is 2.87. The van der Waals surface area contributed by atoms with Gasteiger partial charge in [0.1, 0.15) is 5.82 Å². The number of aryl methyl sites for hydroxylation is 3. The van der Waals surface area contributed by atoms with E-state index < -0.39 is 0 Å². The molecule has 0 aliphatic rings. The molecule has 2 aromatic rings. The molecule has 5 heteroatoms. The number of anilines is 1. The van der Waals surface area contributed by atoms with Crippen molar-refractivity contribution in [2.24, 2.45) is 0 Å². The first kappa shape index (κ1) is 13.3. The van der Waals surface area contributed by atoms with Crippen LogP contribution in [0.25, 0.3) is 10.9 Å². The number of nitrogens with one attached hydrogen (secondary N) is 1. The molecule has 1 heterocycles. The molecule has 0 bridgehead atoms. The van der Waals surface area contributed by atoms with Gasteiger partial charge < -0.3 is 5.32 Å². The number of hydrogen-bond donors (Lipinski definition) is 1. The highest BCUT2D eigenvalue weighted by molar-refractivity contribution is 5.90. The van der Waals surface area contributed by atoms with Gasteiger partial charge in [0.25, 0.3) is 5.69 Å². The molecule has 19 heavy (non-hydrogen) atoms. The lowest BCUT2D eigenvalue weighted by molar-refractivity contribution is -0.385. The Kier molecular flexibility index (Phi) is 3.38. The Morgan fingerprint density at radius 1 is 1.37 bits per heavy atom. The smallest absolute Gasteiger partial charge is 0.273 e. The van der Waals surface area contributed by atoms with Gasteiger partial charge in [-0.1, -0.05) is 6.92 Å². The van der Waals surface area contributed by atoms with Crippen molar-refractivity contribution in [1.82, 2.24) is 4.98 Å². The van der Waals surface area contributed by atoms with Gasteiger partial charge in [0.15, 0.2) is 0 Å². The van der Waals surface area contributed by atoms with Crippen molar-refractivity contribution in [3.8, 4) is 0 Å². The summed E-state index contributed by atoms with van der Waals surface area (Å²) in [6.45, 7) is 5.68. The Morgan fingerprint density at radius 3 is 2.58 bits per heavy atom. The second-order valence-corrected chi connectivity index (χ2v) is 4.59. The van der Waals surface area contributed by atoms with Crippen LogP contribution in [0.15, 0.2) is 12.1 Å². The molecule has 0 amide bonds. The standard InChI is InChI=1S/C14H17N3O2/c1-5-10-7-11-9(3)12(17(18)19)6-8(2)13(11)16-14(10)15-4/h6-7H,5H2,1-4H3,(H,15,16). The summed E-state index contributed by atoms with van der Waals surface area (Å²) in [6, 6.07) is 3.60. The molecule has 1 aromatic heterocycles. The highest BCUT2D eigenvalue weighted by Crippen LogP contribution is 2.31. The summed E-state index contributed by atoms with van der Waals surface area (Å²) in [7, 11) is 1.83. The minimum Gasteiger partial charge on any atom is -0.373 e. The van der Waals surface area contributed by atoms with Crippen molar-refractivity contribution in [3.05, 3.63) is 38.9 Å². The molecule has 0 atom stereocenters. The zero-order valence-electron chi connectivity index (χ0n) is 11.6. The summed E-state index contributed by atoms with van der Waals surface area (Å²) >= 11 is 0. The van der Waals surface area contributed by atoms with E-state index in [0.717, 1.165) is 34.3 Å². The van der Waals surface area contributed by atoms with E-state index in [2.05, 4.69) is 10.3 Å². The van der Waals surface area contributed by atoms with Crippen LogP contribution in [0.5, 0.6) is 0 Å². The zero-order valence-corrected chi connectivity index (χ0v) is 11.6. The molecule has 5 nitrogen and oxygen atoms in total. The normalized spacial score (nSPS) is 10.7. The predicted octanol–water partition coefficient (Wildman–Crippen LogP) is 3.36. The minimum absolute atomic E-state index is 0.158. The van der Waals surface area contributed by atoms with E-state index in [1.165, 1.54) is 0 Å². The Labute approximate surface area is 111 Å². The topological polar surface area (TPSA) is 68.1 Å². The van der Waals surface area contributed by atoms with Gasteiger partial charge in [-0.25, -0.2) is 4.98 Å². The van der Waals surface area contributed by atoms with Crippen LogP contribution in [0.3, 0.4) is 0 Å². The van der Waals surface area contributed by atoms with E-state index in [1.807, 2.05) is 27.0 Å². The lowest BCUT2D eigenvalue weighted by Gasteiger charge is -2.12. The van der Waals surface area contributed by atoms with Crippen molar-refractivity contribution >= 4 is 22.4 Å². The van der Waals surface area contributed by atoms with Crippen LogP contribution in [-0.2, 0) is 6.42 Å². The molecule has 0 aliphatic heterocycles. The number of nitro groups is 1. The molecule has 0 radical (unpaired) electrons.